The minimum Gasteiger partial charge on any atom is -0.480 e. The van der Waals surface area contributed by atoms with E-state index in [4.69, 9.17) is 14.9 Å². The maximum atomic E-state index is 11.4. The van der Waals surface area contributed by atoms with Gasteiger partial charge in [0.05, 0.1) is 12.6 Å². The van der Waals surface area contributed by atoms with Gasteiger partial charge in [-0.2, -0.15) is 0 Å². The fourth-order valence-electron chi connectivity index (χ4n) is 1.69. The van der Waals surface area contributed by atoms with Crippen LogP contribution in [0.25, 0.3) is 0 Å². The van der Waals surface area contributed by atoms with Crippen LogP contribution in [0.2, 0.25) is 0 Å². The summed E-state index contributed by atoms with van der Waals surface area (Å²) in [5.41, 5.74) is -0.452. The lowest BCUT2D eigenvalue weighted by Gasteiger charge is -2.40. The molecule has 2 fully saturated rings. The molecule has 0 aromatic heterocycles. The maximum Gasteiger partial charge on any atom is 0.410 e. The molecular weight excluding hydrogens is 264 g/mol. The van der Waals surface area contributed by atoms with Crippen molar-refractivity contribution in [1.82, 2.24) is 10.2 Å². The molecule has 116 valence electrons. The van der Waals surface area contributed by atoms with E-state index in [1.54, 1.807) is 4.90 Å². The average Bonchev–Trinajstić information content (AvgIpc) is 2.09. The Morgan fingerprint density at radius 1 is 1.35 bits per heavy atom. The molecule has 0 bridgehead atoms. The van der Waals surface area contributed by atoms with Crippen molar-refractivity contribution in [3.63, 3.8) is 0 Å². The van der Waals surface area contributed by atoms with E-state index in [-0.39, 0.29) is 24.8 Å². The summed E-state index contributed by atoms with van der Waals surface area (Å²) in [6, 6.07) is -0.283. The molecule has 2 aliphatic rings. The Kier molecular flexibility index (Phi) is 5.76. The topological polar surface area (TPSA) is 99.1 Å². The lowest BCUT2D eigenvalue weighted by atomic mass is 10.1. The first kappa shape index (κ1) is 16.7. The molecule has 2 rings (SSSR count). The molecule has 0 spiro atoms. The van der Waals surface area contributed by atoms with Crippen molar-refractivity contribution >= 4 is 12.1 Å². The van der Waals surface area contributed by atoms with Crippen molar-refractivity contribution in [2.45, 2.75) is 51.3 Å². The molecule has 2 aliphatic heterocycles. The van der Waals surface area contributed by atoms with Crippen LogP contribution in [0.15, 0.2) is 0 Å². The van der Waals surface area contributed by atoms with Crippen molar-refractivity contribution in [3.8, 4) is 0 Å². The molecule has 2 saturated heterocycles. The number of likely N-dealkylation sites (tertiary alicyclic amines) is 1. The third-order valence-electron chi connectivity index (χ3n) is 3.10. The normalized spacial score (nSPS) is 24.7. The number of aliphatic hydroxyl groups is 1. The van der Waals surface area contributed by atoms with Gasteiger partial charge >= 0.3 is 12.1 Å². The Morgan fingerprint density at radius 2 is 1.95 bits per heavy atom. The Balaban J connectivity index is 0.000000240. The SMILES string of the molecule is CC(C)(C)OC(=O)N1CC[C@H]1CO.O=C(O)C1CCN1. The molecule has 20 heavy (non-hydrogen) atoms. The number of hydrogen-bond donors (Lipinski definition) is 3. The van der Waals surface area contributed by atoms with E-state index in [2.05, 4.69) is 5.32 Å². The number of aliphatic carboxylic acids is 1. The van der Waals surface area contributed by atoms with Crippen LogP contribution >= 0.6 is 0 Å². The number of rotatable bonds is 2. The monoisotopic (exact) mass is 288 g/mol. The second-order valence-corrected chi connectivity index (χ2v) is 5.93. The van der Waals surface area contributed by atoms with E-state index in [0.717, 1.165) is 19.4 Å². The largest absolute Gasteiger partial charge is 0.480 e. The molecule has 0 saturated carbocycles. The summed E-state index contributed by atoms with van der Waals surface area (Å²) in [5.74, 6) is -0.730. The first-order chi connectivity index (χ1) is 9.24. The van der Waals surface area contributed by atoms with Gasteiger partial charge in [-0.25, -0.2) is 4.79 Å². The predicted molar refractivity (Wildman–Crippen MR) is 72.5 cm³/mol. The van der Waals surface area contributed by atoms with Crippen LogP contribution in [-0.4, -0.2) is 64.6 Å². The average molecular weight is 288 g/mol. The summed E-state index contributed by atoms with van der Waals surface area (Å²) >= 11 is 0. The van der Waals surface area contributed by atoms with Gasteiger partial charge in [-0.15, -0.1) is 0 Å². The molecule has 2 heterocycles. The van der Waals surface area contributed by atoms with Crippen molar-refractivity contribution in [1.29, 1.82) is 0 Å². The fraction of sp³-hybridized carbons (Fsp3) is 0.846. The van der Waals surface area contributed by atoms with Gasteiger partial charge in [0.15, 0.2) is 0 Å². The maximum absolute atomic E-state index is 11.4. The number of carbonyl (C=O) groups excluding carboxylic acids is 1. The van der Waals surface area contributed by atoms with E-state index in [0.29, 0.717) is 6.54 Å². The smallest absolute Gasteiger partial charge is 0.410 e. The Hall–Kier alpha value is -1.34. The number of aliphatic hydroxyl groups excluding tert-OH is 1. The zero-order valence-corrected chi connectivity index (χ0v) is 12.3. The van der Waals surface area contributed by atoms with Gasteiger partial charge in [0, 0.05) is 6.54 Å². The van der Waals surface area contributed by atoms with Crippen LogP contribution in [0.1, 0.15) is 33.6 Å². The third kappa shape index (κ3) is 4.97. The van der Waals surface area contributed by atoms with Crippen LogP contribution in [0.5, 0.6) is 0 Å². The number of nitrogens with zero attached hydrogens (tertiary/aromatic N) is 1. The molecule has 2 atom stereocenters. The van der Waals surface area contributed by atoms with Crippen LogP contribution in [0.3, 0.4) is 0 Å². The zero-order valence-electron chi connectivity index (χ0n) is 12.3. The van der Waals surface area contributed by atoms with E-state index in [9.17, 15) is 9.59 Å². The van der Waals surface area contributed by atoms with E-state index < -0.39 is 11.6 Å². The van der Waals surface area contributed by atoms with Crippen molar-refractivity contribution < 1.29 is 24.5 Å². The number of nitrogens with one attached hydrogen (secondary N) is 1. The highest BCUT2D eigenvalue weighted by atomic mass is 16.6. The first-order valence-electron chi connectivity index (χ1n) is 6.81. The lowest BCUT2D eigenvalue weighted by Crippen LogP contribution is -2.54. The number of ether oxygens (including phenoxy) is 1. The van der Waals surface area contributed by atoms with Crippen molar-refractivity contribution in [2.75, 3.05) is 19.7 Å². The highest BCUT2D eigenvalue weighted by molar-refractivity contribution is 5.74. The quantitative estimate of drug-likeness (QED) is 0.681. The minimum absolute atomic E-state index is 0.0270. The van der Waals surface area contributed by atoms with Crippen LogP contribution in [0.4, 0.5) is 4.79 Å². The molecule has 0 aliphatic carbocycles. The summed E-state index contributed by atoms with van der Waals surface area (Å²) < 4.78 is 5.15. The Bertz CT molecular complexity index is 347. The van der Waals surface area contributed by atoms with Crippen molar-refractivity contribution in [3.05, 3.63) is 0 Å². The summed E-state index contributed by atoms with van der Waals surface area (Å²) in [4.78, 5) is 22.9. The van der Waals surface area contributed by atoms with E-state index in [1.165, 1.54) is 0 Å². The van der Waals surface area contributed by atoms with Gasteiger partial charge in [0.1, 0.15) is 11.6 Å². The van der Waals surface area contributed by atoms with Gasteiger partial charge in [-0.3, -0.25) is 4.79 Å². The number of amides is 1. The van der Waals surface area contributed by atoms with Gasteiger partial charge in [0.2, 0.25) is 0 Å². The minimum atomic E-state index is -0.730. The standard InChI is InChI=1S/C9H17NO3.C4H7NO2/c1-9(2,3)13-8(12)10-5-4-7(10)6-11;6-4(7)3-1-2-5-3/h7,11H,4-6H2,1-3H3;3,5H,1-2H2,(H,6,7)/t7-;/m0./s1. The highest BCUT2D eigenvalue weighted by Crippen LogP contribution is 2.20. The molecule has 0 aromatic carbocycles. The summed E-state index contributed by atoms with van der Waals surface area (Å²) in [7, 11) is 0. The molecule has 7 nitrogen and oxygen atoms in total. The van der Waals surface area contributed by atoms with E-state index >= 15 is 0 Å². The predicted octanol–water partition coefficient (Wildman–Crippen LogP) is 0.421. The van der Waals surface area contributed by atoms with Gasteiger partial charge in [-0.05, 0) is 40.2 Å². The van der Waals surface area contributed by atoms with Crippen LogP contribution in [0, 0.1) is 0 Å². The third-order valence-corrected chi connectivity index (χ3v) is 3.10. The summed E-state index contributed by atoms with van der Waals surface area (Å²) in [6.07, 6.45) is 1.34. The van der Waals surface area contributed by atoms with E-state index in [1.807, 2.05) is 20.8 Å². The number of carboxylic acid groups (broad SMARTS) is 1. The highest BCUT2D eigenvalue weighted by Gasteiger charge is 2.34. The zero-order chi connectivity index (χ0) is 15.3. The lowest BCUT2D eigenvalue weighted by molar-refractivity contribution is -0.141. The van der Waals surface area contributed by atoms with Crippen LogP contribution < -0.4 is 5.32 Å². The Labute approximate surface area is 118 Å². The molecule has 0 radical (unpaired) electrons. The van der Waals surface area contributed by atoms with Crippen LogP contribution in [-0.2, 0) is 9.53 Å². The Morgan fingerprint density at radius 3 is 2.15 bits per heavy atom. The number of carbonyl (C=O) groups is 2. The molecule has 0 aromatic rings. The number of carboxylic acids is 1. The summed E-state index contributed by atoms with van der Waals surface area (Å²) in [6.45, 7) is 7.08. The number of hydrogen-bond acceptors (Lipinski definition) is 5. The second kappa shape index (κ2) is 6.90. The fourth-order valence-corrected chi connectivity index (χ4v) is 1.69. The second-order valence-electron chi connectivity index (χ2n) is 5.93. The van der Waals surface area contributed by atoms with Gasteiger partial charge in [0.25, 0.3) is 0 Å². The van der Waals surface area contributed by atoms with Gasteiger partial charge in [-0.1, -0.05) is 0 Å². The van der Waals surface area contributed by atoms with Gasteiger partial charge < -0.3 is 25.2 Å². The molecular formula is C13H24N2O5. The molecule has 1 unspecified atom stereocenters. The van der Waals surface area contributed by atoms with Crippen molar-refractivity contribution in [2.24, 2.45) is 0 Å². The molecule has 3 N–H and O–H groups in total. The first-order valence-corrected chi connectivity index (χ1v) is 6.81. The molecule has 7 heteroatoms. The molecule has 1 amide bonds. The summed E-state index contributed by atoms with van der Waals surface area (Å²) in [5, 5.41) is 19.8.